The molecule has 0 spiro atoms. The first-order valence-electron chi connectivity index (χ1n) is 10.5. The van der Waals surface area contributed by atoms with Gasteiger partial charge in [-0.2, -0.15) is 0 Å². The number of halogens is 2. The lowest BCUT2D eigenvalue weighted by Crippen LogP contribution is -2.32. The monoisotopic (exact) mass is 448 g/mol. The van der Waals surface area contributed by atoms with Gasteiger partial charge in [-0.05, 0) is 73.5 Å². The van der Waals surface area contributed by atoms with Gasteiger partial charge in [-0.3, -0.25) is 14.5 Å². The number of anilines is 1. The summed E-state index contributed by atoms with van der Waals surface area (Å²) in [4.78, 5) is 27.6. The van der Waals surface area contributed by atoms with Gasteiger partial charge in [0.25, 0.3) is 11.8 Å². The van der Waals surface area contributed by atoms with Crippen LogP contribution in [0.5, 0.6) is 5.75 Å². The van der Waals surface area contributed by atoms with E-state index in [0.717, 1.165) is 4.90 Å². The first-order chi connectivity index (χ1) is 15.8. The van der Waals surface area contributed by atoms with Crippen molar-refractivity contribution in [1.82, 2.24) is 4.90 Å². The van der Waals surface area contributed by atoms with Gasteiger partial charge < -0.3 is 10.1 Å². The predicted molar refractivity (Wildman–Crippen MR) is 121 cm³/mol. The standard InChI is InChI=1S/C26H22F2N2O3/c1-16(2)33-22-13-11-21(12-14-22)29-24-23(18-5-9-20(28)10-6-18)25(31)30(26(24)32)15-17-3-7-19(27)8-4-17/h3-14,16,29H,15H2,1-2H3. The number of amides is 2. The molecule has 1 aliphatic rings. The first-order valence-corrected chi connectivity index (χ1v) is 10.5. The molecule has 0 atom stereocenters. The zero-order chi connectivity index (χ0) is 23.5. The molecule has 4 rings (SSSR count). The van der Waals surface area contributed by atoms with Crippen LogP contribution >= 0.6 is 0 Å². The third-order valence-corrected chi connectivity index (χ3v) is 5.05. The van der Waals surface area contributed by atoms with Crippen LogP contribution in [0, 0.1) is 11.6 Å². The SMILES string of the molecule is CC(C)Oc1ccc(NC2=C(c3ccc(F)cc3)C(=O)N(Cc3ccc(F)cc3)C2=O)cc1. The zero-order valence-electron chi connectivity index (χ0n) is 18.1. The Kier molecular flexibility index (Phi) is 6.22. The van der Waals surface area contributed by atoms with E-state index < -0.39 is 23.4 Å². The summed E-state index contributed by atoms with van der Waals surface area (Å²) >= 11 is 0. The molecule has 0 aliphatic carbocycles. The van der Waals surface area contributed by atoms with Crippen LogP contribution in [-0.2, 0) is 16.1 Å². The van der Waals surface area contributed by atoms with Crippen LogP contribution in [0.2, 0.25) is 0 Å². The van der Waals surface area contributed by atoms with E-state index in [4.69, 9.17) is 4.74 Å². The molecular formula is C26H22F2N2O3. The summed E-state index contributed by atoms with van der Waals surface area (Å²) in [6.45, 7) is 3.82. The Labute approximate surface area is 190 Å². The average molecular weight is 448 g/mol. The number of nitrogens with one attached hydrogen (secondary N) is 1. The minimum Gasteiger partial charge on any atom is -0.491 e. The molecule has 0 saturated heterocycles. The second kappa shape index (κ2) is 9.24. The Hall–Kier alpha value is -4.00. The van der Waals surface area contributed by atoms with Crippen molar-refractivity contribution in [3.8, 4) is 5.75 Å². The van der Waals surface area contributed by atoms with Crippen LogP contribution in [0.3, 0.4) is 0 Å². The smallest absolute Gasteiger partial charge is 0.278 e. The maximum absolute atomic E-state index is 13.5. The topological polar surface area (TPSA) is 58.6 Å². The summed E-state index contributed by atoms with van der Waals surface area (Å²) in [5.41, 5.74) is 1.84. The molecular weight excluding hydrogens is 426 g/mol. The molecule has 0 saturated carbocycles. The molecule has 3 aromatic rings. The van der Waals surface area contributed by atoms with Crippen LogP contribution in [-0.4, -0.2) is 22.8 Å². The van der Waals surface area contributed by atoms with Gasteiger partial charge in [-0.1, -0.05) is 24.3 Å². The third kappa shape index (κ3) is 4.92. The van der Waals surface area contributed by atoms with Gasteiger partial charge >= 0.3 is 0 Å². The van der Waals surface area contributed by atoms with E-state index in [1.54, 1.807) is 24.3 Å². The Bertz CT molecular complexity index is 1200. The normalized spacial score (nSPS) is 13.8. The number of imide groups is 1. The second-order valence-corrected chi connectivity index (χ2v) is 7.90. The van der Waals surface area contributed by atoms with Crippen LogP contribution in [0.15, 0.2) is 78.5 Å². The molecule has 0 bridgehead atoms. The molecule has 33 heavy (non-hydrogen) atoms. The van der Waals surface area contributed by atoms with Gasteiger partial charge in [-0.15, -0.1) is 0 Å². The molecule has 1 heterocycles. The first kappa shape index (κ1) is 22.2. The Balaban J connectivity index is 1.67. The maximum atomic E-state index is 13.5. The summed E-state index contributed by atoms with van der Waals surface area (Å²) in [6, 6.07) is 18.0. The van der Waals surface area contributed by atoms with Crippen molar-refractivity contribution in [3.63, 3.8) is 0 Å². The molecule has 0 radical (unpaired) electrons. The van der Waals surface area contributed by atoms with Crippen molar-refractivity contribution >= 4 is 23.1 Å². The zero-order valence-corrected chi connectivity index (χ0v) is 18.1. The number of ether oxygens (including phenoxy) is 1. The molecule has 1 N–H and O–H groups in total. The molecule has 0 fully saturated rings. The highest BCUT2D eigenvalue weighted by Crippen LogP contribution is 2.32. The van der Waals surface area contributed by atoms with E-state index >= 15 is 0 Å². The predicted octanol–water partition coefficient (Wildman–Crippen LogP) is 5.14. The van der Waals surface area contributed by atoms with Gasteiger partial charge in [-0.25, -0.2) is 8.78 Å². The van der Waals surface area contributed by atoms with Crippen molar-refractivity contribution < 1.29 is 23.1 Å². The van der Waals surface area contributed by atoms with Crippen LogP contribution in [0.1, 0.15) is 25.0 Å². The van der Waals surface area contributed by atoms with Crippen LogP contribution < -0.4 is 10.1 Å². The van der Waals surface area contributed by atoms with Crippen LogP contribution in [0.25, 0.3) is 5.57 Å². The average Bonchev–Trinajstić information content (AvgIpc) is 3.01. The molecule has 0 aromatic heterocycles. The van der Waals surface area contributed by atoms with Gasteiger partial charge in [0.15, 0.2) is 0 Å². The van der Waals surface area contributed by atoms with E-state index in [2.05, 4.69) is 5.32 Å². The molecule has 5 nitrogen and oxygen atoms in total. The molecule has 7 heteroatoms. The Morgan fingerprint density at radius 1 is 0.818 bits per heavy atom. The molecule has 1 aliphatic heterocycles. The highest BCUT2D eigenvalue weighted by molar-refractivity contribution is 6.36. The van der Waals surface area contributed by atoms with E-state index in [1.165, 1.54) is 48.5 Å². The number of nitrogens with zero attached hydrogens (tertiary/aromatic N) is 1. The summed E-state index contributed by atoms with van der Waals surface area (Å²) in [5.74, 6) is -1.22. The Morgan fingerprint density at radius 3 is 1.97 bits per heavy atom. The number of benzene rings is 3. The number of carbonyl (C=O) groups is 2. The van der Waals surface area contributed by atoms with Crippen molar-refractivity contribution in [1.29, 1.82) is 0 Å². The Morgan fingerprint density at radius 2 is 1.39 bits per heavy atom. The van der Waals surface area contributed by atoms with Crippen molar-refractivity contribution in [2.75, 3.05) is 5.32 Å². The minimum atomic E-state index is -0.522. The largest absolute Gasteiger partial charge is 0.491 e. The molecule has 0 unspecified atom stereocenters. The number of hydrogen-bond acceptors (Lipinski definition) is 4. The minimum absolute atomic E-state index is 0.0189. The summed E-state index contributed by atoms with van der Waals surface area (Å²) < 4.78 is 32.4. The fraction of sp³-hybridized carbons (Fsp3) is 0.154. The van der Waals surface area contributed by atoms with E-state index in [-0.39, 0.29) is 23.9 Å². The van der Waals surface area contributed by atoms with Gasteiger partial charge in [0.1, 0.15) is 23.1 Å². The quantitative estimate of drug-likeness (QED) is 0.509. The van der Waals surface area contributed by atoms with E-state index in [1.807, 2.05) is 13.8 Å². The third-order valence-electron chi connectivity index (χ3n) is 5.05. The summed E-state index contributed by atoms with van der Waals surface area (Å²) in [5, 5.41) is 3.05. The molecule has 3 aromatic carbocycles. The fourth-order valence-corrected chi connectivity index (χ4v) is 3.53. The highest BCUT2D eigenvalue weighted by Gasteiger charge is 2.39. The lowest BCUT2D eigenvalue weighted by molar-refractivity contribution is -0.137. The van der Waals surface area contributed by atoms with Crippen molar-refractivity contribution in [2.24, 2.45) is 0 Å². The van der Waals surface area contributed by atoms with Gasteiger partial charge in [0.05, 0.1) is 18.2 Å². The van der Waals surface area contributed by atoms with Crippen molar-refractivity contribution in [3.05, 3.63) is 101 Å². The van der Waals surface area contributed by atoms with Gasteiger partial charge in [0, 0.05) is 5.69 Å². The molecule has 168 valence electrons. The lowest BCUT2D eigenvalue weighted by Gasteiger charge is -2.15. The fourth-order valence-electron chi connectivity index (χ4n) is 3.53. The lowest BCUT2D eigenvalue weighted by atomic mass is 10.0. The van der Waals surface area contributed by atoms with Gasteiger partial charge in [0.2, 0.25) is 0 Å². The number of hydrogen-bond donors (Lipinski definition) is 1. The van der Waals surface area contributed by atoms with Crippen LogP contribution in [0.4, 0.5) is 14.5 Å². The second-order valence-electron chi connectivity index (χ2n) is 7.90. The number of carbonyl (C=O) groups excluding carboxylic acids is 2. The van der Waals surface area contributed by atoms with E-state index in [9.17, 15) is 18.4 Å². The summed E-state index contributed by atoms with van der Waals surface area (Å²) in [7, 11) is 0. The number of rotatable bonds is 7. The molecule has 2 amide bonds. The van der Waals surface area contributed by atoms with E-state index in [0.29, 0.717) is 22.6 Å². The summed E-state index contributed by atoms with van der Waals surface area (Å²) in [6.07, 6.45) is 0.0191. The maximum Gasteiger partial charge on any atom is 0.278 e. The van der Waals surface area contributed by atoms with Crippen molar-refractivity contribution in [2.45, 2.75) is 26.5 Å². The highest BCUT2D eigenvalue weighted by atomic mass is 19.1.